The van der Waals surface area contributed by atoms with E-state index in [4.69, 9.17) is 10.2 Å². The Hall–Kier alpha value is -1.85. The smallest absolute Gasteiger partial charge is 0.139 e. The van der Waals surface area contributed by atoms with Crippen molar-refractivity contribution in [1.29, 1.82) is 0 Å². The summed E-state index contributed by atoms with van der Waals surface area (Å²) in [5.74, 6) is -0.0169. The number of nitrogen functional groups attached to an aromatic ring is 1. The zero-order valence-corrected chi connectivity index (χ0v) is 11.9. The lowest BCUT2D eigenvalue weighted by Crippen LogP contribution is -2.02. The monoisotopic (exact) mass is 335 g/mol. The van der Waals surface area contributed by atoms with Gasteiger partial charge in [-0.1, -0.05) is 15.9 Å². The molecule has 1 atom stereocenters. The van der Waals surface area contributed by atoms with Crippen LogP contribution in [0.25, 0.3) is 11.0 Å². The van der Waals surface area contributed by atoms with Crippen LogP contribution in [0.2, 0.25) is 0 Å². The molecule has 0 bridgehead atoms. The van der Waals surface area contributed by atoms with Crippen LogP contribution in [0.1, 0.15) is 17.4 Å². The molecule has 0 aliphatic heterocycles. The van der Waals surface area contributed by atoms with E-state index in [9.17, 15) is 9.50 Å². The van der Waals surface area contributed by atoms with E-state index in [-0.39, 0.29) is 5.82 Å². The summed E-state index contributed by atoms with van der Waals surface area (Å²) < 4.78 is 19.5. The number of rotatable bonds is 2. The van der Waals surface area contributed by atoms with E-state index in [0.717, 1.165) is 4.47 Å². The predicted octanol–water partition coefficient (Wildman–Crippen LogP) is 4.00. The summed E-state index contributed by atoms with van der Waals surface area (Å²) in [6, 6.07) is 11.0. The lowest BCUT2D eigenvalue weighted by Gasteiger charge is -2.11. The highest BCUT2D eigenvalue weighted by Gasteiger charge is 2.18. The van der Waals surface area contributed by atoms with Gasteiger partial charge in [0.25, 0.3) is 0 Å². The summed E-state index contributed by atoms with van der Waals surface area (Å²) in [6.07, 6.45) is -0.997. The normalized spacial score (nSPS) is 12.8. The molecule has 0 amide bonds. The minimum Gasteiger partial charge on any atom is -0.458 e. The van der Waals surface area contributed by atoms with Gasteiger partial charge in [0.05, 0.1) is 0 Å². The highest BCUT2D eigenvalue weighted by molar-refractivity contribution is 9.10. The third kappa shape index (κ3) is 2.30. The van der Waals surface area contributed by atoms with E-state index >= 15 is 0 Å². The van der Waals surface area contributed by atoms with Crippen LogP contribution in [0.4, 0.5) is 10.1 Å². The topological polar surface area (TPSA) is 59.4 Å². The molecule has 20 heavy (non-hydrogen) atoms. The van der Waals surface area contributed by atoms with Crippen LogP contribution in [0.15, 0.2) is 51.4 Å². The number of hydrogen-bond donors (Lipinski definition) is 2. The van der Waals surface area contributed by atoms with Crippen molar-refractivity contribution < 1.29 is 13.9 Å². The van der Waals surface area contributed by atoms with E-state index in [2.05, 4.69) is 15.9 Å². The molecule has 1 unspecified atom stereocenters. The molecule has 3 N–H and O–H groups in total. The molecule has 1 heterocycles. The van der Waals surface area contributed by atoms with Gasteiger partial charge in [-0.3, -0.25) is 0 Å². The molecule has 2 aromatic carbocycles. The van der Waals surface area contributed by atoms with E-state index in [1.807, 2.05) is 0 Å². The maximum Gasteiger partial charge on any atom is 0.139 e. The number of nitrogens with two attached hydrogens (primary N) is 1. The fraction of sp³-hybridized carbons (Fsp3) is 0.0667. The maximum absolute atomic E-state index is 13.2. The Balaban J connectivity index is 2.07. The van der Waals surface area contributed by atoms with Crippen molar-refractivity contribution in [2.45, 2.75) is 6.10 Å². The number of halogens is 2. The average Bonchev–Trinajstić information content (AvgIpc) is 2.83. The molecule has 3 aromatic rings. The standard InChI is InChI=1S/C15H11BrFNO2/c16-9-1-3-12(18)11(7-9)15(19)14-6-8-5-10(17)2-4-13(8)20-14/h1-7,15,19H,18H2. The quantitative estimate of drug-likeness (QED) is 0.696. The number of aliphatic hydroxyl groups is 1. The molecule has 102 valence electrons. The lowest BCUT2D eigenvalue weighted by molar-refractivity contribution is 0.193. The van der Waals surface area contributed by atoms with Gasteiger partial charge in [-0.05, 0) is 42.5 Å². The van der Waals surface area contributed by atoms with Crippen LogP contribution in [0.5, 0.6) is 0 Å². The molecular formula is C15H11BrFNO2. The van der Waals surface area contributed by atoms with Crippen molar-refractivity contribution in [2.24, 2.45) is 0 Å². The van der Waals surface area contributed by atoms with Crippen molar-refractivity contribution in [3.63, 3.8) is 0 Å². The van der Waals surface area contributed by atoms with Gasteiger partial charge in [0.1, 0.15) is 23.3 Å². The van der Waals surface area contributed by atoms with Crippen LogP contribution in [0, 0.1) is 5.82 Å². The van der Waals surface area contributed by atoms with Crippen LogP contribution < -0.4 is 5.73 Å². The van der Waals surface area contributed by atoms with Crippen molar-refractivity contribution in [2.75, 3.05) is 5.73 Å². The Kier molecular flexibility index (Phi) is 3.23. The highest BCUT2D eigenvalue weighted by Crippen LogP contribution is 2.32. The molecule has 0 aliphatic carbocycles. The average molecular weight is 336 g/mol. The Labute approximate surface area is 122 Å². The Morgan fingerprint density at radius 1 is 1.15 bits per heavy atom. The Morgan fingerprint density at radius 2 is 1.95 bits per heavy atom. The van der Waals surface area contributed by atoms with E-state index in [1.165, 1.54) is 18.2 Å². The molecule has 3 nitrogen and oxygen atoms in total. The van der Waals surface area contributed by atoms with Gasteiger partial charge in [-0.2, -0.15) is 0 Å². The molecule has 0 fully saturated rings. The maximum atomic E-state index is 13.2. The van der Waals surface area contributed by atoms with Gasteiger partial charge in [-0.15, -0.1) is 0 Å². The lowest BCUT2D eigenvalue weighted by atomic mass is 10.1. The predicted molar refractivity (Wildman–Crippen MR) is 78.8 cm³/mol. The first-order valence-electron chi connectivity index (χ1n) is 5.96. The number of furan rings is 1. The van der Waals surface area contributed by atoms with Gasteiger partial charge < -0.3 is 15.3 Å². The number of benzene rings is 2. The van der Waals surface area contributed by atoms with Gasteiger partial charge in [-0.25, -0.2) is 4.39 Å². The first-order valence-corrected chi connectivity index (χ1v) is 6.76. The second-order valence-corrected chi connectivity index (χ2v) is 5.42. The fourth-order valence-corrected chi connectivity index (χ4v) is 2.48. The van der Waals surface area contributed by atoms with Gasteiger partial charge in [0, 0.05) is 21.1 Å². The molecule has 1 aromatic heterocycles. The van der Waals surface area contributed by atoms with Crippen molar-refractivity contribution in [3.05, 3.63) is 64.1 Å². The van der Waals surface area contributed by atoms with Crippen molar-refractivity contribution >= 4 is 32.6 Å². The van der Waals surface area contributed by atoms with Crippen LogP contribution in [0.3, 0.4) is 0 Å². The number of aliphatic hydroxyl groups excluding tert-OH is 1. The second-order valence-electron chi connectivity index (χ2n) is 4.51. The summed E-state index contributed by atoms with van der Waals surface area (Å²) in [5.41, 5.74) is 7.39. The van der Waals surface area contributed by atoms with Crippen molar-refractivity contribution in [3.8, 4) is 0 Å². The summed E-state index contributed by atoms with van der Waals surface area (Å²) in [7, 11) is 0. The van der Waals surface area contributed by atoms with Crippen molar-refractivity contribution in [1.82, 2.24) is 0 Å². The van der Waals surface area contributed by atoms with Gasteiger partial charge >= 0.3 is 0 Å². The summed E-state index contributed by atoms with van der Waals surface area (Å²) in [6.45, 7) is 0. The summed E-state index contributed by atoms with van der Waals surface area (Å²) in [4.78, 5) is 0. The molecular weight excluding hydrogens is 325 g/mol. The SMILES string of the molecule is Nc1ccc(Br)cc1C(O)c1cc2cc(F)ccc2o1. The fourth-order valence-electron chi connectivity index (χ4n) is 2.11. The number of anilines is 1. The van der Waals surface area contributed by atoms with E-state index in [0.29, 0.717) is 28.0 Å². The number of fused-ring (bicyclic) bond motifs is 1. The third-order valence-corrected chi connectivity index (χ3v) is 3.60. The Morgan fingerprint density at radius 3 is 2.75 bits per heavy atom. The first kappa shape index (κ1) is 13.1. The highest BCUT2D eigenvalue weighted by atomic mass is 79.9. The largest absolute Gasteiger partial charge is 0.458 e. The zero-order chi connectivity index (χ0) is 14.3. The molecule has 5 heteroatoms. The molecule has 3 rings (SSSR count). The minimum absolute atomic E-state index is 0.329. The van der Waals surface area contributed by atoms with E-state index < -0.39 is 6.10 Å². The minimum atomic E-state index is -0.997. The van der Waals surface area contributed by atoms with Gasteiger partial charge in [0.15, 0.2) is 0 Å². The van der Waals surface area contributed by atoms with Crippen LogP contribution in [-0.4, -0.2) is 5.11 Å². The first-order chi connectivity index (χ1) is 9.54. The molecule has 0 saturated heterocycles. The molecule has 0 aliphatic rings. The Bertz CT molecular complexity index is 785. The van der Waals surface area contributed by atoms with Crippen LogP contribution >= 0.6 is 15.9 Å². The van der Waals surface area contributed by atoms with Gasteiger partial charge in [0.2, 0.25) is 0 Å². The third-order valence-electron chi connectivity index (χ3n) is 3.11. The summed E-state index contributed by atoms with van der Waals surface area (Å²) >= 11 is 3.33. The molecule has 0 radical (unpaired) electrons. The second kappa shape index (κ2) is 4.92. The number of hydrogen-bond acceptors (Lipinski definition) is 3. The molecule has 0 spiro atoms. The van der Waals surface area contributed by atoms with E-state index in [1.54, 1.807) is 24.3 Å². The summed E-state index contributed by atoms with van der Waals surface area (Å²) in [5, 5.41) is 11.0. The van der Waals surface area contributed by atoms with Crippen LogP contribution in [-0.2, 0) is 0 Å². The molecule has 0 saturated carbocycles. The zero-order valence-electron chi connectivity index (χ0n) is 10.3.